The molecule has 4 rings (SSSR count). The van der Waals surface area contributed by atoms with Crippen molar-refractivity contribution >= 4 is 27.5 Å². The molecule has 0 fully saturated rings. The maximum Gasteiger partial charge on any atom is 0.264 e. The van der Waals surface area contributed by atoms with Gasteiger partial charge in [-0.25, -0.2) is 8.42 Å². The monoisotopic (exact) mass is 643 g/mol. The highest BCUT2D eigenvalue weighted by molar-refractivity contribution is 7.92. The molecular weight excluding hydrogens is 602 g/mol. The summed E-state index contributed by atoms with van der Waals surface area (Å²) >= 11 is 0. The highest BCUT2D eigenvalue weighted by atomic mass is 32.2. The summed E-state index contributed by atoms with van der Waals surface area (Å²) in [7, 11) is -1.11. The lowest BCUT2D eigenvalue weighted by Gasteiger charge is -2.34. The Morgan fingerprint density at radius 2 is 1.41 bits per heavy atom. The maximum atomic E-state index is 14.5. The van der Waals surface area contributed by atoms with Gasteiger partial charge in [0.1, 0.15) is 24.1 Å². The summed E-state index contributed by atoms with van der Waals surface area (Å²) in [6.07, 6.45) is 1.92. The van der Waals surface area contributed by atoms with E-state index in [4.69, 9.17) is 9.47 Å². The second kappa shape index (κ2) is 16.5. The number of methoxy groups -OCH3 is 2. The van der Waals surface area contributed by atoms with Crippen molar-refractivity contribution in [1.82, 2.24) is 10.2 Å². The van der Waals surface area contributed by atoms with Crippen molar-refractivity contribution in [2.45, 2.75) is 43.7 Å². The lowest BCUT2D eigenvalue weighted by molar-refractivity contribution is -0.140. The molecule has 0 bridgehead atoms. The second-order valence-corrected chi connectivity index (χ2v) is 12.6. The van der Waals surface area contributed by atoms with Gasteiger partial charge in [-0.3, -0.25) is 13.9 Å². The van der Waals surface area contributed by atoms with Crippen LogP contribution in [-0.4, -0.2) is 58.5 Å². The molecule has 2 amide bonds. The quantitative estimate of drug-likeness (QED) is 0.163. The normalized spacial score (nSPS) is 11.7. The van der Waals surface area contributed by atoms with E-state index >= 15 is 0 Å². The van der Waals surface area contributed by atoms with Crippen molar-refractivity contribution in [3.63, 3.8) is 0 Å². The molecule has 0 saturated heterocycles. The molecule has 10 heteroatoms. The molecule has 0 aliphatic heterocycles. The molecular formula is C36H41N3O6S. The molecule has 4 aromatic carbocycles. The summed E-state index contributed by atoms with van der Waals surface area (Å²) < 4.78 is 40.0. The van der Waals surface area contributed by atoms with E-state index < -0.39 is 28.5 Å². The van der Waals surface area contributed by atoms with Gasteiger partial charge in [-0.15, -0.1) is 0 Å². The van der Waals surface area contributed by atoms with Gasteiger partial charge in [-0.05, 0) is 66.1 Å². The van der Waals surface area contributed by atoms with Gasteiger partial charge in [0.25, 0.3) is 10.0 Å². The summed E-state index contributed by atoms with van der Waals surface area (Å²) in [5, 5.41) is 3.00. The molecule has 1 unspecified atom stereocenters. The van der Waals surface area contributed by atoms with E-state index in [1.165, 1.54) is 24.1 Å². The Kier molecular flexibility index (Phi) is 12.2. The van der Waals surface area contributed by atoms with Gasteiger partial charge in [0.05, 0.1) is 24.8 Å². The zero-order valence-corrected chi connectivity index (χ0v) is 27.3. The molecule has 242 valence electrons. The first-order valence-corrected chi connectivity index (χ1v) is 16.7. The van der Waals surface area contributed by atoms with Gasteiger partial charge in [-0.2, -0.15) is 0 Å². The van der Waals surface area contributed by atoms with Crippen molar-refractivity contribution in [2.24, 2.45) is 0 Å². The summed E-state index contributed by atoms with van der Waals surface area (Å²) in [4.78, 5) is 29.9. The van der Waals surface area contributed by atoms with Crippen LogP contribution < -0.4 is 19.1 Å². The summed E-state index contributed by atoms with van der Waals surface area (Å²) in [6, 6.07) is 30.2. The van der Waals surface area contributed by atoms with Gasteiger partial charge in [0, 0.05) is 19.5 Å². The third-order valence-corrected chi connectivity index (χ3v) is 9.35. The fourth-order valence-electron chi connectivity index (χ4n) is 5.02. The first kappa shape index (κ1) is 34.1. The number of sulfonamides is 1. The number of benzene rings is 4. The standard InChI is InChI=1S/C36H41N3O6S/c1-4-5-23-37-36(41)34(25-28-13-8-6-9-14-28)38(26-29-15-12-16-32(24-29)45-3)35(40)27-39(30-19-21-31(44-2)22-20-30)46(42,43)33-17-10-7-11-18-33/h6-22,24,34H,4-5,23,25-27H2,1-3H3,(H,37,41). The molecule has 4 aromatic rings. The number of amides is 2. The van der Waals surface area contributed by atoms with E-state index in [9.17, 15) is 18.0 Å². The number of nitrogens with one attached hydrogen (secondary N) is 1. The van der Waals surface area contributed by atoms with E-state index in [1.807, 2.05) is 49.4 Å². The van der Waals surface area contributed by atoms with Crippen molar-refractivity contribution in [3.05, 3.63) is 120 Å². The molecule has 0 heterocycles. The lowest BCUT2D eigenvalue weighted by atomic mass is 10.0. The number of rotatable bonds is 16. The minimum Gasteiger partial charge on any atom is -0.497 e. The van der Waals surface area contributed by atoms with Gasteiger partial charge < -0.3 is 19.7 Å². The summed E-state index contributed by atoms with van der Waals surface area (Å²) in [5.41, 5.74) is 1.88. The minimum absolute atomic E-state index is 0.0381. The van der Waals surface area contributed by atoms with Crippen molar-refractivity contribution in [1.29, 1.82) is 0 Å². The zero-order valence-electron chi connectivity index (χ0n) is 26.5. The number of carbonyl (C=O) groups excluding carboxylic acids is 2. The number of anilines is 1. The van der Waals surface area contributed by atoms with Crippen LogP contribution in [0.25, 0.3) is 0 Å². The second-order valence-electron chi connectivity index (χ2n) is 10.7. The van der Waals surface area contributed by atoms with E-state index in [1.54, 1.807) is 61.7 Å². The number of ether oxygens (including phenoxy) is 2. The maximum absolute atomic E-state index is 14.5. The number of nitrogens with zero attached hydrogens (tertiary/aromatic N) is 2. The highest BCUT2D eigenvalue weighted by Crippen LogP contribution is 2.27. The molecule has 0 spiro atoms. The molecule has 0 aliphatic carbocycles. The van der Waals surface area contributed by atoms with Crippen LogP contribution in [-0.2, 0) is 32.6 Å². The molecule has 0 radical (unpaired) electrons. The summed E-state index contributed by atoms with van der Waals surface area (Å²) in [5.74, 6) is 0.294. The smallest absolute Gasteiger partial charge is 0.264 e. The van der Waals surface area contributed by atoms with E-state index in [0.29, 0.717) is 18.0 Å². The average molecular weight is 644 g/mol. The molecule has 0 aliphatic rings. The van der Waals surface area contributed by atoms with Crippen LogP contribution in [0.3, 0.4) is 0 Å². The van der Waals surface area contributed by atoms with Crippen LogP contribution in [0.5, 0.6) is 11.5 Å². The Morgan fingerprint density at radius 3 is 2.04 bits per heavy atom. The van der Waals surface area contributed by atoms with Crippen LogP contribution in [0, 0.1) is 0 Å². The Balaban J connectivity index is 1.79. The Hall–Kier alpha value is -4.83. The predicted octanol–water partition coefficient (Wildman–Crippen LogP) is 5.46. The van der Waals surface area contributed by atoms with Crippen LogP contribution in [0.2, 0.25) is 0 Å². The highest BCUT2D eigenvalue weighted by Gasteiger charge is 2.34. The van der Waals surface area contributed by atoms with Crippen molar-refractivity contribution in [2.75, 3.05) is 31.6 Å². The Bertz CT molecular complexity index is 1670. The van der Waals surface area contributed by atoms with Gasteiger partial charge in [0.2, 0.25) is 11.8 Å². The SMILES string of the molecule is CCCCNC(=O)C(Cc1ccccc1)N(Cc1cccc(OC)c1)C(=O)CN(c1ccc(OC)cc1)S(=O)(=O)c1ccccc1. The lowest BCUT2D eigenvalue weighted by Crippen LogP contribution is -2.53. The zero-order chi connectivity index (χ0) is 32.9. The minimum atomic E-state index is -4.18. The fourth-order valence-corrected chi connectivity index (χ4v) is 6.46. The number of hydrogen-bond donors (Lipinski definition) is 1. The van der Waals surface area contributed by atoms with Crippen LogP contribution in [0.4, 0.5) is 5.69 Å². The molecule has 1 atom stereocenters. The van der Waals surface area contributed by atoms with E-state index in [2.05, 4.69) is 5.32 Å². The third-order valence-electron chi connectivity index (χ3n) is 7.56. The predicted molar refractivity (Wildman–Crippen MR) is 179 cm³/mol. The summed E-state index contributed by atoms with van der Waals surface area (Å²) in [6.45, 7) is 2.01. The molecule has 46 heavy (non-hydrogen) atoms. The van der Waals surface area contributed by atoms with E-state index in [0.717, 1.165) is 28.3 Å². The molecule has 0 aromatic heterocycles. The Labute approximate surface area is 271 Å². The largest absolute Gasteiger partial charge is 0.497 e. The van der Waals surface area contributed by atoms with Crippen molar-refractivity contribution in [3.8, 4) is 11.5 Å². The number of hydrogen-bond acceptors (Lipinski definition) is 6. The number of unbranched alkanes of at least 4 members (excludes halogenated alkanes) is 1. The first-order chi connectivity index (χ1) is 22.3. The molecule has 0 saturated carbocycles. The average Bonchev–Trinajstić information content (AvgIpc) is 3.09. The van der Waals surface area contributed by atoms with Gasteiger partial charge in [-0.1, -0.05) is 74.0 Å². The van der Waals surface area contributed by atoms with Gasteiger partial charge >= 0.3 is 0 Å². The first-order valence-electron chi connectivity index (χ1n) is 15.2. The van der Waals surface area contributed by atoms with Gasteiger partial charge in [0.15, 0.2) is 0 Å². The van der Waals surface area contributed by atoms with E-state index in [-0.39, 0.29) is 29.5 Å². The third kappa shape index (κ3) is 8.88. The fraction of sp³-hybridized carbons (Fsp3) is 0.278. The molecule has 9 nitrogen and oxygen atoms in total. The van der Waals surface area contributed by atoms with Crippen LogP contribution in [0.15, 0.2) is 114 Å². The van der Waals surface area contributed by atoms with Crippen LogP contribution >= 0.6 is 0 Å². The van der Waals surface area contributed by atoms with Crippen molar-refractivity contribution < 1.29 is 27.5 Å². The number of carbonyl (C=O) groups is 2. The Morgan fingerprint density at radius 1 is 0.783 bits per heavy atom. The molecule has 1 N–H and O–H groups in total. The van der Waals surface area contributed by atoms with Crippen LogP contribution in [0.1, 0.15) is 30.9 Å². The topological polar surface area (TPSA) is 105 Å².